The van der Waals surface area contributed by atoms with Gasteiger partial charge in [0.05, 0.1) is 16.3 Å². The van der Waals surface area contributed by atoms with E-state index in [1.807, 2.05) is 17.5 Å². The van der Waals surface area contributed by atoms with Crippen LogP contribution in [0.5, 0.6) is 5.75 Å². The molecule has 28 heavy (non-hydrogen) atoms. The molecule has 5 nitrogen and oxygen atoms in total. The Morgan fingerprint density at radius 2 is 1.93 bits per heavy atom. The van der Waals surface area contributed by atoms with Gasteiger partial charge in [-0.3, -0.25) is 9.36 Å². The van der Waals surface area contributed by atoms with Crippen LogP contribution >= 0.6 is 11.3 Å². The van der Waals surface area contributed by atoms with E-state index in [-0.39, 0.29) is 17.2 Å². The molecular formula is C22H16N2O3S. The zero-order chi connectivity index (χ0) is 19.5. The molecule has 4 aromatic rings. The molecule has 2 aromatic carbocycles. The van der Waals surface area contributed by atoms with Crippen LogP contribution in [0.25, 0.3) is 22.3 Å². The lowest BCUT2D eigenvalue weighted by atomic mass is 10.1. The fourth-order valence-electron chi connectivity index (χ4n) is 2.93. The van der Waals surface area contributed by atoms with E-state index in [4.69, 9.17) is 0 Å². The normalized spacial score (nSPS) is 11.1. The predicted molar refractivity (Wildman–Crippen MR) is 111 cm³/mol. The van der Waals surface area contributed by atoms with Crippen LogP contribution in [-0.4, -0.2) is 20.4 Å². The number of aromatic nitrogens is 2. The summed E-state index contributed by atoms with van der Waals surface area (Å²) >= 11 is 1.54. The van der Waals surface area contributed by atoms with Crippen molar-refractivity contribution in [1.82, 2.24) is 9.55 Å². The molecule has 0 atom stereocenters. The number of thiophene rings is 1. The maximum Gasteiger partial charge on any atom is 0.330 e. The van der Waals surface area contributed by atoms with Crippen molar-refractivity contribution in [2.45, 2.75) is 0 Å². The highest BCUT2D eigenvalue weighted by molar-refractivity contribution is 7.13. The lowest BCUT2D eigenvalue weighted by Crippen LogP contribution is -2.16. The summed E-state index contributed by atoms with van der Waals surface area (Å²) in [4.78, 5) is 28.6. The molecule has 2 aromatic heterocycles. The largest absolute Gasteiger partial charge is 0.508 e. The minimum atomic E-state index is -0.261. The number of aromatic amines is 1. The van der Waals surface area contributed by atoms with E-state index in [1.54, 1.807) is 65.4 Å². The van der Waals surface area contributed by atoms with E-state index in [0.717, 1.165) is 16.1 Å². The van der Waals surface area contributed by atoms with Gasteiger partial charge in [-0.05, 0) is 47.4 Å². The van der Waals surface area contributed by atoms with Gasteiger partial charge in [-0.15, -0.1) is 11.3 Å². The molecule has 0 aliphatic rings. The first kappa shape index (κ1) is 17.8. The fourth-order valence-corrected chi connectivity index (χ4v) is 3.66. The molecule has 0 saturated carbocycles. The van der Waals surface area contributed by atoms with Crippen molar-refractivity contribution >= 4 is 23.2 Å². The average Bonchev–Trinajstić information content (AvgIpc) is 3.36. The Labute approximate surface area is 164 Å². The molecule has 6 heteroatoms. The van der Waals surface area contributed by atoms with Gasteiger partial charge >= 0.3 is 5.69 Å². The van der Waals surface area contributed by atoms with Crippen molar-refractivity contribution in [2.75, 3.05) is 0 Å². The summed E-state index contributed by atoms with van der Waals surface area (Å²) in [5.74, 6) is -0.0454. The summed E-state index contributed by atoms with van der Waals surface area (Å²) in [5.41, 5.74) is 2.31. The van der Waals surface area contributed by atoms with Gasteiger partial charge in [0.25, 0.3) is 0 Å². The standard InChI is InChI=1S/C22H16N2O3S/c25-18-7-1-4-15(12-18)9-10-20(26)16-5-2-6-17(13-16)24-19(14-23-22(24)27)21-8-3-11-28-21/h1-14,25H,(H,23,27). The first-order valence-corrected chi connectivity index (χ1v) is 9.46. The summed E-state index contributed by atoms with van der Waals surface area (Å²) in [7, 11) is 0. The molecule has 0 amide bonds. The number of nitrogens with zero attached hydrogens (tertiary/aromatic N) is 1. The van der Waals surface area contributed by atoms with E-state index < -0.39 is 0 Å². The number of hydrogen-bond acceptors (Lipinski definition) is 4. The third-order valence-corrected chi connectivity index (χ3v) is 5.13. The Balaban J connectivity index is 1.67. The topological polar surface area (TPSA) is 75.1 Å². The number of imidazole rings is 1. The summed E-state index contributed by atoms with van der Waals surface area (Å²) in [6.45, 7) is 0. The van der Waals surface area contributed by atoms with E-state index in [1.165, 1.54) is 17.4 Å². The van der Waals surface area contributed by atoms with E-state index >= 15 is 0 Å². The van der Waals surface area contributed by atoms with Crippen molar-refractivity contribution < 1.29 is 9.90 Å². The molecular weight excluding hydrogens is 372 g/mol. The number of allylic oxidation sites excluding steroid dienone is 1. The molecule has 0 spiro atoms. The molecule has 0 unspecified atom stereocenters. The first-order valence-electron chi connectivity index (χ1n) is 8.58. The number of benzene rings is 2. The minimum Gasteiger partial charge on any atom is -0.508 e. The number of phenols is 1. The molecule has 0 radical (unpaired) electrons. The van der Waals surface area contributed by atoms with E-state index in [0.29, 0.717) is 11.3 Å². The number of phenolic OH excluding ortho intramolecular Hbond substituents is 1. The third kappa shape index (κ3) is 3.58. The molecule has 0 saturated heterocycles. The quantitative estimate of drug-likeness (QED) is 0.391. The lowest BCUT2D eigenvalue weighted by Gasteiger charge is -2.07. The zero-order valence-corrected chi connectivity index (χ0v) is 15.5. The van der Waals surface area contributed by atoms with Gasteiger partial charge in [0.1, 0.15) is 5.75 Å². The van der Waals surface area contributed by atoms with Gasteiger partial charge in [0.15, 0.2) is 5.78 Å². The maximum atomic E-state index is 12.6. The fraction of sp³-hybridized carbons (Fsp3) is 0. The number of H-pyrrole nitrogens is 1. The monoisotopic (exact) mass is 388 g/mol. The molecule has 0 aliphatic heterocycles. The Morgan fingerprint density at radius 3 is 2.71 bits per heavy atom. The molecule has 4 rings (SSSR count). The Hall–Kier alpha value is -3.64. The summed E-state index contributed by atoms with van der Waals surface area (Å²) in [6.07, 6.45) is 4.77. The van der Waals surface area contributed by atoms with Crippen molar-refractivity contribution in [1.29, 1.82) is 0 Å². The smallest absolute Gasteiger partial charge is 0.330 e. The van der Waals surface area contributed by atoms with Gasteiger partial charge in [0, 0.05) is 11.8 Å². The Kier molecular flexibility index (Phi) is 4.78. The maximum absolute atomic E-state index is 12.6. The highest BCUT2D eigenvalue weighted by Crippen LogP contribution is 2.25. The summed E-state index contributed by atoms with van der Waals surface area (Å²) in [5, 5.41) is 11.5. The second-order valence-corrected chi connectivity index (χ2v) is 7.08. The van der Waals surface area contributed by atoms with Crippen LogP contribution in [-0.2, 0) is 0 Å². The predicted octanol–water partition coefficient (Wildman–Crippen LogP) is 4.50. The third-order valence-electron chi connectivity index (χ3n) is 4.24. The van der Waals surface area contributed by atoms with Crippen molar-refractivity contribution in [3.05, 3.63) is 99.9 Å². The van der Waals surface area contributed by atoms with Crippen molar-refractivity contribution in [3.8, 4) is 22.0 Å². The number of carbonyl (C=O) groups is 1. The summed E-state index contributed by atoms with van der Waals surface area (Å²) in [6, 6.07) is 17.5. The average molecular weight is 388 g/mol. The SMILES string of the molecule is O=C(C=Cc1cccc(O)c1)c1cccc(-n2c(-c3cccs3)c[nH]c2=O)c1. The Morgan fingerprint density at radius 1 is 1.07 bits per heavy atom. The second-order valence-electron chi connectivity index (χ2n) is 6.13. The van der Waals surface area contributed by atoms with Crippen LogP contribution in [0.15, 0.2) is 83.1 Å². The highest BCUT2D eigenvalue weighted by atomic mass is 32.1. The molecule has 0 aliphatic carbocycles. The van der Waals surface area contributed by atoms with Crippen LogP contribution in [0.1, 0.15) is 15.9 Å². The zero-order valence-electron chi connectivity index (χ0n) is 14.7. The molecule has 0 bridgehead atoms. The van der Waals surface area contributed by atoms with Crippen LogP contribution in [0, 0.1) is 0 Å². The first-order chi connectivity index (χ1) is 13.6. The van der Waals surface area contributed by atoms with Crippen molar-refractivity contribution in [3.63, 3.8) is 0 Å². The number of nitrogens with one attached hydrogen (secondary N) is 1. The minimum absolute atomic E-state index is 0.143. The van der Waals surface area contributed by atoms with Gasteiger partial charge in [-0.2, -0.15) is 0 Å². The molecule has 0 fully saturated rings. The van der Waals surface area contributed by atoms with Crippen LogP contribution in [0.3, 0.4) is 0 Å². The Bertz CT molecular complexity index is 1220. The van der Waals surface area contributed by atoms with Crippen molar-refractivity contribution in [2.24, 2.45) is 0 Å². The van der Waals surface area contributed by atoms with Crippen LogP contribution < -0.4 is 5.69 Å². The van der Waals surface area contributed by atoms with Crippen LogP contribution in [0.2, 0.25) is 0 Å². The number of aromatic hydroxyl groups is 1. The van der Waals surface area contributed by atoms with E-state index in [9.17, 15) is 14.7 Å². The molecule has 138 valence electrons. The number of carbonyl (C=O) groups excluding carboxylic acids is 1. The number of hydrogen-bond donors (Lipinski definition) is 2. The molecule has 2 N–H and O–H groups in total. The summed E-state index contributed by atoms with van der Waals surface area (Å²) < 4.78 is 1.56. The van der Waals surface area contributed by atoms with Gasteiger partial charge in [-0.1, -0.05) is 36.4 Å². The van der Waals surface area contributed by atoms with Gasteiger partial charge in [0.2, 0.25) is 0 Å². The van der Waals surface area contributed by atoms with E-state index in [2.05, 4.69) is 4.98 Å². The lowest BCUT2D eigenvalue weighted by molar-refractivity contribution is 0.104. The molecule has 2 heterocycles. The number of rotatable bonds is 5. The van der Waals surface area contributed by atoms with Gasteiger partial charge in [-0.25, -0.2) is 4.79 Å². The highest BCUT2D eigenvalue weighted by Gasteiger charge is 2.13. The second kappa shape index (κ2) is 7.54. The van der Waals surface area contributed by atoms with Gasteiger partial charge < -0.3 is 10.1 Å². The number of ketones is 1. The van der Waals surface area contributed by atoms with Crippen LogP contribution in [0.4, 0.5) is 0 Å².